The van der Waals surface area contributed by atoms with Crippen molar-refractivity contribution in [3.8, 4) is 0 Å². The number of nitrogens with one attached hydrogen (secondary N) is 3. The van der Waals surface area contributed by atoms with Gasteiger partial charge in [-0.25, -0.2) is 0 Å². The summed E-state index contributed by atoms with van der Waals surface area (Å²) in [7, 11) is 0. The number of amides is 2. The monoisotopic (exact) mass is 442 g/mol. The molecule has 1 atom stereocenters. The number of benzene rings is 2. The van der Waals surface area contributed by atoms with Crippen molar-refractivity contribution in [2.24, 2.45) is 0 Å². The van der Waals surface area contributed by atoms with E-state index in [0.29, 0.717) is 36.1 Å². The van der Waals surface area contributed by atoms with E-state index < -0.39 is 0 Å². The molecule has 2 aromatic carbocycles. The molecular weight excluding hydrogens is 420 g/mol. The van der Waals surface area contributed by atoms with Crippen LogP contribution in [-0.4, -0.2) is 27.9 Å². The van der Waals surface area contributed by atoms with Crippen molar-refractivity contribution in [3.63, 3.8) is 0 Å². The molecule has 0 aliphatic carbocycles. The highest BCUT2D eigenvalue weighted by molar-refractivity contribution is 7.80. The fraction of sp³-hybridized carbons (Fsp3) is 0.318. The summed E-state index contributed by atoms with van der Waals surface area (Å²) in [6, 6.07) is 11.8. The third-order valence-corrected chi connectivity index (χ3v) is 6.20. The van der Waals surface area contributed by atoms with E-state index in [1.54, 1.807) is 0 Å². The van der Waals surface area contributed by atoms with Gasteiger partial charge in [0.15, 0.2) is 5.11 Å². The van der Waals surface area contributed by atoms with Crippen molar-refractivity contribution in [2.75, 3.05) is 5.32 Å². The van der Waals surface area contributed by atoms with Gasteiger partial charge in [0.1, 0.15) is 0 Å². The lowest BCUT2D eigenvalue weighted by Crippen LogP contribution is -2.50. The fourth-order valence-corrected chi connectivity index (χ4v) is 4.23. The highest BCUT2D eigenvalue weighted by atomic mass is 35.5. The van der Waals surface area contributed by atoms with Gasteiger partial charge in [-0.1, -0.05) is 35.9 Å². The standard InChI is InChI=1S/C22H23ClN4O2S/c1-13-2-5-17(9-18(13)23)25-22(30)24-10-14-3-4-15-11-27(12-16(15)8-14)19-6-7-20(28)26-21(19)29/h2-5,8-9,19H,6-7,10-12H2,1H3,(H2,24,25,30)(H,26,28,29). The first-order chi connectivity index (χ1) is 14.4. The molecule has 2 heterocycles. The average molecular weight is 443 g/mol. The van der Waals surface area contributed by atoms with Crippen LogP contribution in [0.3, 0.4) is 0 Å². The minimum Gasteiger partial charge on any atom is -0.358 e. The first-order valence-electron chi connectivity index (χ1n) is 9.88. The summed E-state index contributed by atoms with van der Waals surface area (Å²) in [5, 5.41) is 10.0. The zero-order chi connectivity index (χ0) is 21.3. The Bertz CT molecular complexity index is 1030. The molecule has 6 nitrogen and oxygen atoms in total. The molecule has 156 valence electrons. The minimum atomic E-state index is -0.241. The summed E-state index contributed by atoms with van der Waals surface area (Å²) in [4.78, 5) is 25.7. The first-order valence-corrected chi connectivity index (χ1v) is 10.7. The Hall–Kier alpha value is -2.48. The number of hydrogen-bond acceptors (Lipinski definition) is 4. The van der Waals surface area contributed by atoms with Crippen LogP contribution in [0, 0.1) is 6.92 Å². The number of halogens is 1. The number of aryl methyl sites for hydroxylation is 1. The van der Waals surface area contributed by atoms with Gasteiger partial charge in [0.25, 0.3) is 0 Å². The van der Waals surface area contributed by atoms with Crippen LogP contribution in [0.5, 0.6) is 0 Å². The minimum absolute atomic E-state index is 0.182. The second-order valence-electron chi connectivity index (χ2n) is 7.75. The van der Waals surface area contributed by atoms with Gasteiger partial charge in [-0.2, -0.15) is 0 Å². The highest BCUT2D eigenvalue weighted by Crippen LogP contribution is 2.28. The van der Waals surface area contributed by atoms with Crippen LogP contribution in [0.4, 0.5) is 5.69 Å². The average Bonchev–Trinajstić information content (AvgIpc) is 3.12. The molecule has 0 spiro atoms. The van der Waals surface area contributed by atoms with E-state index in [9.17, 15) is 9.59 Å². The number of carbonyl (C=O) groups is 2. The molecule has 0 bridgehead atoms. The number of carbonyl (C=O) groups excluding carboxylic acids is 2. The Morgan fingerprint density at radius 1 is 1.20 bits per heavy atom. The van der Waals surface area contributed by atoms with Crippen molar-refractivity contribution in [1.82, 2.24) is 15.5 Å². The van der Waals surface area contributed by atoms with E-state index in [1.807, 2.05) is 25.1 Å². The lowest BCUT2D eigenvalue weighted by atomic mass is 10.0. The fourth-order valence-electron chi connectivity index (χ4n) is 3.86. The third kappa shape index (κ3) is 4.64. The van der Waals surface area contributed by atoms with Crippen molar-refractivity contribution in [1.29, 1.82) is 0 Å². The number of fused-ring (bicyclic) bond motifs is 1. The van der Waals surface area contributed by atoms with E-state index in [2.05, 4.69) is 39.0 Å². The normalized spacial score (nSPS) is 18.7. The van der Waals surface area contributed by atoms with Gasteiger partial charge >= 0.3 is 0 Å². The maximum Gasteiger partial charge on any atom is 0.243 e. The summed E-state index contributed by atoms with van der Waals surface area (Å²) >= 11 is 11.6. The first kappa shape index (κ1) is 20.8. The molecule has 1 fully saturated rings. The van der Waals surface area contributed by atoms with Crippen molar-refractivity contribution < 1.29 is 9.59 Å². The maximum atomic E-state index is 12.2. The smallest absolute Gasteiger partial charge is 0.243 e. The van der Waals surface area contributed by atoms with Gasteiger partial charge in [-0.3, -0.25) is 19.8 Å². The molecular formula is C22H23ClN4O2S. The Morgan fingerprint density at radius 3 is 2.77 bits per heavy atom. The van der Waals surface area contributed by atoms with Crippen LogP contribution < -0.4 is 16.0 Å². The molecule has 2 aliphatic rings. The Balaban J connectivity index is 1.33. The van der Waals surface area contributed by atoms with E-state index >= 15 is 0 Å². The zero-order valence-corrected chi connectivity index (χ0v) is 18.2. The van der Waals surface area contributed by atoms with Gasteiger partial charge in [0, 0.05) is 36.8 Å². The molecule has 0 aromatic heterocycles. The zero-order valence-electron chi connectivity index (χ0n) is 16.6. The number of thiocarbonyl (C=S) groups is 1. The molecule has 3 N–H and O–H groups in total. The van der Waals surface area contributed by atoms with Gasteiger partial charge < -0.3 is 10.6 Å². The topological polar surface area (TPSA) is 73.5 Å². The molecule has 1 unspecified atom stereocenters. The number of imide groups is 1. The van der Waals surface area contributed by atoms with Gasteiger partial charge in [0.05, 0.1) is 6.04 Å². The second-order valence-corrected chi connectivity index (χ2v) is 8.56. The van der Waals surface area contributed by atoms with E-state index in [0.717, 1.165) is 23.4 Å². The summed E-state index contributed by atoms with van der Waals surface area (Å²) in [6.07, 6.45) is 0.977. The molecule has 8 heteroatoms. The molecule has 0 saturated carbocycles. The molecule has 30 heavy (non-hydrogen) atoms. The predicted molar refractivity (Wildman–Crippen MR) is 121 cm³/mol. The van der Waals surface area contributed by atoms with E-state index in [1.165, 1.54) is 11.1 Å². The van der Waals surface area contributed by atoms with Crippen LogP contribution in [0.2, 0.25) is 5.02 Å². The number of piperidine rings is 1. The highest BCUT2D eigenvalue weighted by Gasteiger charge is 2.34. The van der Waals surface area contributed by atoms with Crippen LogP contribution in [0.1, 0.15) is 35.1 Å². The third-order valence-electron chi connectivity index (χ3n) is 5.55. The molecule has 4 rings (SSSR count). The summed E-state index contributed by atoms with van der Waals surface area (Å²) in [5.74, 6) is -0.368. The number of anilines is 1. The van der Waals surface area contributed by atoms with Crippen LogP contribution in [0.25, 0.3) is 0 Å². The van der Waals surface area contributed by atoms with Crippen LogP contribution in [0.15, 0.2) is 36.4 Å². The molecule has 1 saturated heterocycles. The number of rotatable bonds is 4. The van der Waals surface area contributed by atoms with E-state index in [-0.39, 0.29) is 17.9 Å². The van der Waals surface area contributed by atoms with Crippen LogP contribution in [-0.2, 0) is 29.2 Å². The van der Waals surface area contributed by atoms with Crippen molar-refractivity contribution in [3.05, 3.63) is 63.7 Å². The Morgan fingerprint density at radius 2 is 2.00 bits per heavy atom. The van der Waals surface area contributed by atoms with Gasteiger partial charge in [-0.15, -0.1) is 0 Å². The van der Waals surface area contributed by atoms with Crippen molar-refractivity contribution in [2.45, 2.75) is 45.4 Å². The van der Waals surface area contributed by atoms with Crippen LogP contribution >= 0.6 is 23.8 Å². The summed E-state index contributed by atoms with van der Waals surface area (Å²) in [5.41, 5.74) is 5.41. The Labute approximate surface area is 186 Å². The molecule has 2 aromatic rings. The lowest BCUT2D eigenvalue weighted by Gasteiger charge is -2.29. The Kier molecular flexibility index (Phi) is 6.04. The molecule has 2 amide bonds. The quantitative estimate of drug-likeness (QED) is 0.498. The predicted octanol–water partition coefficient (Wildman–Crippen LogP) is 3.26. The summed E-state index contributed by atoms with van der Waals surface area (Å²) in [6.45, 7) is 3.98. The summed E-state index contributed by atoms with van der Waals surface area (Å²) < 4.78 is 0. The molecule has 0 radical (unpaired) electrons. The van der Waals surface area contributed by atoms with E-state index in [4.69, 9.17) is 23.8 Å². The number of nitrogens with zero attached hydrogens (tertiary/aromatic N) is 1. The SMILES string of the molecule is Cc1ccc(NC(=S)NCc2ccc3c(c2)CN(C2CCC(=O)NC2=O)C3)cc1Cl. The largest absolute Gasteiger partial charge is 0.358 e. The number of hydrogen-bond donors (Lipinski definition) is 3. The molecule has 2 aliphatic heterocycles. The van der Waals surface area contributed by atoms with Gasteiger partial charge in [0.2, 0.25) is 11.8 Å². The van der Waals surface area contributed by atoms with Gasteiger partial charge in [-0.05, 0) is 59.9 Å². The van der Waals surface area contributed by atoms with Crippen molar-refractivity contribution >= 4 is 46.4 Å². The maximum absolute atomic E-state index is 12.2. The second kappa shape index (κ2) is 8.71. The lowest BCUT2D eigenvalue weighted by molar-refractivity contribution is -0.137.